The second kappa shape index (κ2) is 9.70. The molecule has 0 atom stereocenters. The number of aromatic nitrogens is 1. The van der Waals surface area contributed by atoms with E-state index in [1.165, 1.54) is 12.5 Å². The number of rotatable bonds is 8. The van der Waals surface area contributed by atoms with E-state index in [-0.39, 0.29) is 17.6 Å². The molecule has 0 bridgehead atoms. The van der Waals surface area contributed by atoms with Gasteiger partial charge in [-0.15, -0.1) is 0 Å². The van der Waals surface area contributed by atoms with E-state index in [0.29, 0.717) is 23.8 Å². The Hall–Kier alpha value is -2.14. The zero-order chi connectivity index (χ0) is 19.1. The highest BCUT2D eigenvalue weighted by Crippen LogP contribution is 2.24. The number of amides is 1. The van der Waals surface area contributed by atoms with Crippen LogP contribution >= 0.6 is 11.6 Å². The van der Waals surface area contributed by atoms with Gasteiger partial charge in [-0.2, -0.15) is 0 Å². The number of oxazole rings is 1. The van der Waals surface area contributed by atoms with Crippen molar-refractivity contribution in [3.8, 4) is 0 Å². The summed E-state index contributed by atoms with van der Waals surface area (Å²) in [6, 6.07) is 7.67. The maximum atomic E-state index is 12.4. The summed E-state index contributed by atoms with van der Waals surface area (Å²) in [5, 5.41) is 0.717. The lowest BCUT2D eigenvalue weighted by atomic mass is 9.91. The van der Waals surface area contributed by atoms with Crippen LogP contribution in [0.5, 0.6) is 0 Å². The SMILES string of the molecule is O=C(CCCC1CCN(C(=O)CCc2ccc(Cl)cc2)CC1)c1ncco1. The van der Waals surface area contributed by atoms with Gasteiger partial charge < -0.3 is 9.32 Å². The molecule has 144 valence electrons. The van der Waals surface area contributed by atoms with Gasteiger partial charge in [0.2, 0.25) is 11.7 Å². The molecule has 5 nitrogen and oxygen atoms in total. The molecule has 1 aliphatic rings. The summed E-state index contributed by atoms with van der Waals surface area (Å²) in [7, 11) is 0. The van der Waals surface area contributed by atoms with Crippen molar-refractivity contribution in [3.05, 3.63) is 53.2 Å². The minimum Gasteiger partial charge on any atom is -0.442 e. The topological polar surface area (TPSA) is 63.4 Å². The summed E-state index contributed by atoms with van der Waals surface area (Å²) in [4.78, 5) is 30.2. The number of ketones is 1. The maximum Gasteiger partial charge on any atom is 0.263 e. The van der Waals surface area contributed by atoms with E-state index in [1.807, 2.05) is 29.2 Å². The summed E-state index contributed by atoms with van der Waals surface area (Å²) < 4.78 is 5.03. The monoisotopic (exact) mass is 388 g/mol. The van der Waals surface area contributed by atoms with Crippen LogP contribution in [-0.2, 0) is 11.2 Å². The lowest BCUT2D eigenvalue weighted by Gasteiger charge is -2.32. The molecular formula is C21H25ClN2O3. The number of aryl methyl sites for hydroxylation is 1. The van der Waals surface area contributed by atoms with Gasteiger partial charge in [0, 0.05) is 31.0 Å². The first-order valence-electron chi connectivity index (χ1n) is 9.57. The Labute approximate surface area is 164 Å². The largest absolute Gasteiger partial charge is 0.442 e. The van der Waals surface area contributed by atoms with E-state index in [4.69, 9.17) is 16.0 Å². The van der Waals surface area contributed by atoms with Crippen LogP contribution in [0, 0.1) is 5.92 Å². The zero-order valence-corrected chi connectivity index (χ0v) is 16.2. The number of carbonyl (C=O) groups excluding carboxylic acids is 2. The van der Waals surface area contributed by atoms with Gasteiger partial charge in [-0.1, -0.05) is 23.7 Å². The number of likely N-dealkylation sites (tertiary alicyclic amines) is 1. The standard InChI is InChI=1S/C21H25ClN2O3/c22-18-7-4-17(5-8-18)6-9-20(26)24-13-10-16(11-14-24)2-1-3-19(25)21-23-12-15-27-21/h4-5,7-8,12,15-16H,1-3,6,9-11,13-14H2. The second-order valence-corrected chi connectivity index (χ2v) is 7.54. The first-order valence-corrected chi connectivity index (χ1v) is 9.94. The Morgan fingerprint density at radius 2 is 1.89 bits per heavy atom. The third-order valence-corrected chi connectivity index (χ3v) is 5.45. The highest BCUT2D eigenvalue weighted by atomic mass is 35.5. The fraction of sp³-hybridized carbons (Fsp3) is 0.476. The normalized spacial score (nSPS) is 15.1. The highest BCUT2D eigenvalue weighted by Gasteiger charge is 2.22. The van der Waals surface area contributed by atoms with Gasteiger partial charge in [0.25, 0.3) is 5.89 Å². The number of piperidine rings is 1. The quantitative estimate of drug-likeness (QED) is 0.622. The van der Waals surface area contributed by atoms with Crippen LogP contribution in [0.25, 0.3) is 0 Å². The fourth-order valence-electron chi connectivity index (χ4n) is 3.55. The van der Waals surface area contributed by atoms with Crippen LogP contribution in [0.15, 0.2) is 41.1 Å². The minimum atomic E-state index is -0.0326. The van der Waals surface area contributed by atoms with Crippen molar-refractivity contribution in [1.82, 2.24) is 9.88 Å². The number of hydrogen-bond acceptors (Lipinski definition) is 4. The number of halogens is 1. The predicted molar refractivity (Wildman–Crippen MR) is 104 cm³/mol. The first-order chi connectivity index (χ1) is 13.1. The molecule has 0 spiro atoms. The van der Waals surface area contributed by atoms with Gasteiger partial charge in [0.15, 0.2) is 0 Å². The molecule has 0 N–H and O–H groups in total. The summed E-state index contributed by atoms with van der Waals surface area (Å²) in [6.07, 6.45) is 8.56. The Kier molecular flexibility index (Phi) is 7.04. The molecule has 3 rings (SSSR count). The first kappa shape index (κ1) is 19.6. The second-order valence-electron chi connectivity index (χ2n) is 7.10. The van der Waals surface area contributed by atoms with E-state index in [2.05, 4.69) is 4.98 Å². The molecule has 2 heterocycles. The van der Waals surface area contributed by atoms with Crippen molar-refractivity contribution in [2.24, 2.45) is 5.92 Å². The van der Waals surface area contributed by atoms with E-state index in [9.17, 15) is 9.59 Å². The van der Waals surface area contributed by atoms with Gasteiger partial charge in [-0.3, -0.25) is 9.59 Å². The predicted octanol–water partition coefficient (Wildman–Crippen LogP) is 4.55. The Morgan fingerprint density at radius 1 is 1.15 bits per heavy atom. The zero-order valence-electron chi connectivity index (χ0n) is 15.4. The highest BCUT2D eigenvalue weighted by molar-refractivity contribution is 6.30. The van der Waals surface area contributed by atoms with Crippen molar-refractivity contribution >= 4 is 23.3 Å². The molecule has 1 aromatic heterocycles. The Balaban J connectivity index is 1.32. The van der Waals surface area contributed by atoms with Gasteiger partial charge in [0.05, 0.1) is 6.20 Å². The van der Waals surface area contributed by atoms with Crippen LogP contribution in [0.2, 0.25) is 5.02 Å². The van der Waals surface area contributed by atoms with Gasteiger partial charge in [-0.25, -0.2) is 4.98 Å². The molecule has 2 aromatic rings. The van der Waals surface area contributed by atoms with E-state index < -0.39 is 0 Å². The van der Waals surface area contributed by atoms with E-state index in [0.717, 1.165) is 50.8 Å². The smallest absolute Gasteiger partial charge is 0.263 e. The third kappa shape index (κ3) is 5.93. The maximum absolute atomic E-state index is 12.4. The third-order valence-electron chi connectivity index (χ3n) is 5.20. The molecule has 1 aliphatic heterocycles. The lowest BCUT2D eigenvalue weighted by molar-refractivity contribution is -0.132. The number of benzene rings is 1. The molecule has 1 amide bonds. The molecule has 1 saturated heterocycles. The minimum absolute atomic E-state index is 0.0326. The molecule has 0 unspecified atom stereocenters. The molecule has 6 heteroatoms. The summed E-state index contributed by atoms with van der Waals surface area (Å²) in [6.45, 7) is 1.63. The summed E-state index contributed by atoms with van der Waals surface area (Å²) >= 11 is 5.89. The van der Waals surface area contributed by atoms with E-state index in [1.54, 1.807) is 0 Å². The number of Topliss-reactive ketones (excluding diaryl/α,β-unsaturated/α-hetero) is 1. The van der Waals surface area contributed by atoms with Crippen LogP contribution < -0.4 is 0 Å². The van der Waals surface area contributed by atoms with Crippen LogP contribution in [0.1, 0.15) is 54.8 Å². The Bertz CT molecular complexity index is 735. The van der Waals surface area contributed by atoms with Crippen molar-refractivity contribution in [2.75, 3.05) is 13.1 Å². The summed E-state index contributed by atoms with van der Waals surface area (Å²) in [5.41, 5.74) is 1.14. The van der Waals surface area contributed by atoms with Crippen molar-refractivity contribution in [2.45, 2.75) is 44.9 Å². The van der Waals surface area contributed by atoms with Gasteiger partial charge >= 0.3 is 0 Å². The average molecular weight is 389 g/mol. The van der Waals surface area contributed by atoms with Gasteiger partial charge in [0.1, 0.15) is 6.26 Å². The molecule has 0 aliphatic carbocycles. The molecule has 0 saturated carbocycles. The summed E-state index contributed by atoms with van der Waals surface area (Å²) in [5.74, 6) is 0.982. The number of carbonyl (C=O) groups is 2. The number of hydrogen-bond donors (Lipinski definition) is 0. The van der Waals surface area contributed by atoms with E-state index >= 15 is 0 Å². The van der Waals surface area contributed by atoms with Crippen molar-refractivity contribution in [1.29, 1.82) is 0 Å². The molecule has 1 fully saturated rings. The molecule has 1 aromatic carbocycles. The average Bonchev–Trinajstić information content (AvgIpc) is 3.23. The van der Waals surface area contributed by atoms with Crippen molar-refractivity contribution < 1.29 is 14.0 Å². The van der Waals surface area contributed by atoms with Crippen LogP contribution in [0.4, 0.5) is 0 Å². The Morgan fingerprint density at radius 3 is 2.56 bits per heavy atom. The molecular weight excluding hydrogens is 364 g/mol. The molecule has 0 radical (unpaired) electrons. The van der Waals surface area contributed by atoms with Gasteiger partial charge in [-0.05, 0) is 55.7 Å². The lowest BCUT2D eigenvalue weighted by Crippen LogP contribution is -2.38. The number of nitrogens with zero attached hydrogens (tertiary/aromatic N) is 2. The fourth-order valence-corrected chi connectivity index (χ4v) is 3.68. The van der Waals surface area contributed by atoms with Crippen molar-refractivity contribution in [3.63, 3.8) is 0 Å². The van der Waals surface area contributed by atoms with Crippen LogP contribution in [0.3, 0.4) is 0 Å². The van der Waals surface area contributed by atoms with Crippen LogP contribution in [-0.4, -0.2) is 34.7 Å². The molecule has 27 heavy (non-hydrogen) atoms.